The van der Waals surface area contributed by atoms with Gasteiger partial charge in [-0.05, 0) is 24.8 Å². The van der Waals surface area contributed by atoms with Crippen molar-refractivity contribution in [2.75, 3.05) is 14.2 Å². The van der Waals surface area contributed by atoms with Crippen LogP contribution in [0.25, 0.3) is 0 Å². The zero-order valence-corrected chi connectivity index (χ0v) is 10.8. The molecule has 1 aliphatic rings. The summed E-state index contributed by atoms with van der Waals surface area (Å²) in [5.74, 6) is 1.09. The molecule has 4 heteroatoms. The first-order chi connectivity index (χ1) is 8.76. The summed E-state index contributed by atoms with van der Waals surface area (Å²) in [4.78, 5) is 11.7. The van der Waals surface area contributed by atoms with Gasteiger partial charge in [-0.3, -0.25) is 10.1 Å². The van der Waals surface area contributed by atoms with E-state index in [1.165, 1.54) is 7.11 Å². The largest absolute Gasteiger partial charge is 0.496 e. The van der Waals surface area contributed by atoms with Gasteiger partial charge in [0.05, 0.1) is 14.2 Å². The highest BCUT2D eigenvalue weighted by atomic mass is 16.5. The van der Waals surface area contributed by atoms with Gasteiger partial charge < -0.3 is 9.47 Å². The van der Waals surface area contributed by atoms with Gasteiger partial charge in [0, 0.05) is 12.1 Å². The molecule has 0 saturated heterocycles. The number of hydrogen-bond donors (Lipinski definition) is 1. The van der Waals surface area contributed by atoms with Crippen LogP contribution in [0.4, 0.5) is 0 Å². The van der Waals surface area contributed by atoms with Crippen LogP contribution in [0.1, 0.15) is 18.4 Å². The van der Waals surface area contributed by atoms with Crippen molar-refractivity contribution in [3.05, 3.63) is 29.8 Å². The molecule has 1 unspecified atom stereocenters. The molecule has 0 heterocycles. The molecule has 0 aliphatic heterocycles. The molecule has 2 rings (SSSR count). The number of esters is 1. The topological polar surface area (TPSA) is 47.6 Å². The van der Waals surface area contributed by atoms with Gasteiger partial charge in [-0.15, -0.1) is 0 Å². The molecule has 1 atom stereocenters. The molecule has 1 saturated carbocycles. The summed E-state index contributed by atoms with van der Waals surface area (Å²) >= 11 is 0. The number of rotatable bonds is 6. The van der Waals surface area contributed by atoms with E-state index < -0.39 is 0 Å². The van der Waals surface area contributed by atoms with Crippen LogP contribution in [0, 0.1) is 5.92 Å². The smallest absolute Gasteiger partial charge is 0.323 e. The van der Waals surface area contributed by atoms with Gasteiger partial charge in [-0.2, -0.15) is 0 Å². The third kappa shape index (κ3) is 3.01. The minimum absolute atomic E-state index is 0.174. The van der Waals surface area contributed by atoms with Crippen molar-refractivity contribution in [2.24, 2.45) is 5.92 Å². The summed E-state index contributed by atoms with van der Waals surface area (Å²) in [7, 11) is 3.08. The van der Waals surface area contributed by atoms with Crippen molar-refractivity contribution in [2.45, 2.75) is 25.4 Å². The number of nitrogens with one attached hydrogen (secondary N) is 1. The van der Waals surface area contributed by atoms with E-state index in [2.05, 4.69) is 5.32 Å². The third-order valence-corrected chi connectivity index (χ3v) is 3.25. The molecule has 0 radical (unpaired) electrons. The fraction of sp³-hybridized carbons (Fsp3) is 0.500. The Bertz CT molecular complexity index is 415. The first-order valence-electron chi connectivity index (χ1n) is 6.19. The second-order valence-corrected chi connectivity index (χ2v) is 4.53. The molecule has 98 valence electrons. The fourth-order valence-electron chi connectivity index (χ4n) is 2.07. The summed E-state index contributed by atoms with van der Waals surface area (Å²) in [5.41, 5.74) is 1.05. The van der Waals surface area contributed by atoms with Crippen LogP contribution >= 0.6 is 0 Å². The van der Waals surface area contributed by atoms with E-state index in [4.69, 9.17) is 9.47 Å². The van der Waals surface area contributed by atoms with E-state index in [0.717, 1.165) is 24.2 Å². The van der Waals surface area contributed by atoms with Gasteiger partial charge in [0.2, 0.25) is 0 Å². The number of carbonyl (C=O) groups is 1. The number of methoxy groups -OCH3 is 2. The molecule has 0 bridgehead atoms. The molecule has 0 amide bonds. The minimum atomic E-state index is -0.195. The number of ether oxygens (including phenoxy) is 2. The fourth-order valence-corrected chi connectivity index (χ4v) is 2.07. The Morgan fingerprint density at radius 2 is 2.11 bits per heavy atom. The number of benzene rings is 1. The normalized spacial score (nSPS) is 16.1. The molecule has 0 spiro atoms. The first kappa shape index (κ1) is 12.9. The Kier molecular flexibility index (Phi) is 4.20. The van der Waals surface area contributed by atoms with Crippen LogP contribution in [0.3, 0.4) is 0 Å². The molecule has 1 N–H and O–H groups in total. The maximum Gasteiger partial charge on any atom is 0.323 e. The number of hydrogen-bond acceptors (Lipinski definition) is 4. The average Bonchev–Trinajstić information content (AvgIpc) is 3.23. The Labute approximate surface area is 107 Å². The Morgan fingerprint density at radius 3 is 2.72 bits per heavy atom. The van der Waals surface area contributed by atoms with Crippen molar-refractivity contribution < 1.29 is 14.3 Å². The van der Waals surface area contributed by atoms with Gasteiger partial charge in [-0.1, -0.05) is 18.2 Å². The quantitative estimate of drug-likeness (QED) is 0.780. The lowest BCUT2D eigenvalue weighted by atomic mass is 10.1. The Morgan fingerprint density at radius 1 is 1.39 bits per heavy atom. The molecule has 4 nitrogen and oxygen atoms in total. The van der Waals surface area contributed by atoms with Crippen LogP contribution < -0.4 is 10.1 Å². The zero-order chi connectivity index (χ0) is 13.0. The summed E-state index contributed by atoms with van der Waals surface area (Å²) in [6, 6.07) is 7.61. The molecule has 18 heavy (non-hydrogen) atoms. The Hall–Kier alpha value is -1.55. The van der Waals surface area contributed by atoms with E-state index in [1.54, 1.807) is 7.11 Å². The van der Waals surface area contributed by atoms with Gasteiger partial charge in [0.15, 0.2) is 0 Å². The second-order valence-electron chi connectivity index (χ2n) is 4.53. The average molecular weight is 249 g/mol. The van der Waals surface area contributed by atoms with Crippen LogP contribution in [0.5, 0.6) is 5.75 Å². The van der Waals surface area contributed by atoms with Crippen LogP contribution in [0.15, 0.2) is 24.3 Å². The standard InChI is InChI=1S/C14H19NO3/c1-17-12-6-4-3-5-11(12)9-15-13(10-7-8-10)14(16)18-2/h3-6,10,13,15H,7-9H2,1-2H3. The summed E-state index contributed by atoms with van der Waals surface area (Å²) in [5, 5.41) is 3.27. The van der Waals surface area contributed by atoms with Crippen molar-refractivity contribution in [3.8, 4) is 5.75 Å². The van der Waals surface area contributed by atoms with Crippen molar-refractivity contribution in [1.29, 1.82) is 0 Å². The van der Waals surface area contributed by atoms with Gasteiger partial charge in [-0.25, -0.2) is 0 Å². The lowest BCUT2D eigenvalue weighted by Gasteiger charge is -2.16. The lowest BCUT2D eigenvalue weighted by molar-refractivity contribution is -0.143. The predicted octanol–water partition coefficient (Wildman–Crippen LogP) is 1.74. The highest BCUT2D eigenvalue weighted by molar-refractivity contribution is 5.76. The van der Waals surface area contributed by atoms with E-state index in [-0.39, 0.29) is 12.0 Å². The van der Waals surface area contributed by atoms with Gasteiger partial charge in [0.25, 0.3) is 0 Å². The van der Waals surface area contributed by atoms with Crippen molar-refractivity contribution in [3.63, 3.8) is 0 Å². The number of carbonyl (C=O) groups excluding carboxylic acids is 1. The van der Waals surface area contributed by atoms with E-state index in [0.29, 0.717) is 12.5 Å². The van der Waals surface area contributed by atoms with Gasteiger partial charge in [0.1, 0.15) is 11.8 Å². The molecule has 0 aromatic heterocycles. The number of para-hydroxylation sites is 1. The van der Waals surface area contributed by atoms with E-state index >= 15 is 0 Å². The molecular weight excluding hydrogens is 230 g/mol. The van der Waals surface area contributed by atoms with E-state index in [9.17, 15) is 4.79 Å². The zero-order valence-electron chi connectivity index (χ0n) is 10.8. The van der Waals surface area contributed by atoms with Gasteiger partial charge >= 0.3 is 5.97 Å². The van der Waals surface area contributed by atoms with Crippen LogP contribution in [-0.2, 0) is 16.1 Å². The monoisotopic (exact) mass is 249 g/mol. The summed E-state index contributed by atoms with van der Waals surface area (Å²) < 4.78 is 10.1. The van der Waals surface area contributed by atoms with Crippen molar-refractivity contribution >= 4 is 5.97 Å². The SMILES string of the molecule is COC(=O)C(NCc1ccccc1OC)C1CC1. The molecule has 1 aromatic rings. The summed E-state index contributed by atoms with van der Waals surface area (Å²) in [6.07, 6.45) is 2.19. The van der Waals surface area contributed by atoms with E-state index in [1.807, 2.05) is 24.3 Å². The molecule has 1 aromatic carbocycles. The lowest BCUT2D eigenvalue weighted by Crippen LogP contribution is -2.39. The van der Waals surface area contributed by atoms with Crippen LogP contribution in [0.2, 0.25) is 0 Å². The first-order valence-corrected chi connectivity index (χ1v) is 6.19. The maximum absolute atomic E-state index is 11.7. The van der Waals surface area contributed by atoms with Crippen molar-refractivity contribution in [1.82, 2.24) is 5.32 Å². The highest BCUT2D eigenvalue weighted by Crippen LogP contribution is 2.33. The minimum Gasteiger partial charge on any atom is -0.496 e. The third-order valence-electron chi connectivity index (χ3n) is 3.25. The maximum atomic E-state index is 11.7. The second kappa shape index (κ2) is 5.87. The van der Waals surface area contributed by atoms with Crippen LogP contribution in [-0.4, -0.2) is 26.2 Å². The molecule has 1 aliphatic carbocycles. The summed E-state index contributed by atoms with van der Waals surface area (Å²) in [6.45, 7) is 0.611. The predicted molar refractivity (Wildman–Crippen MR) is 68.4 cm³/mol. The molecule has 1 fully saturated rings. The molecular formula is C14H19NO3. The highest BCUT2D eigenvalue weighted by Gasteiger charge is 2.36. The Balaban J connectivity index is 1.98.